The second-order valence-corrected chi connectivity index (χ2v) is 4.28. The molecule has 0 aliphatic rings. The lowest BCUT2D eigenvalue weighted by atomic mass is 10.2. The average Bonchev–Trinajstić information content (AvgIpc) is 2.83. The van der Waals surface area contributed by atoms with Gasteiger partial charge in [-0.1, -0.05) is 25.1 Å². The fourth-order valence-corrected chi connectivity index (χ4v) is 2.05. The van der Waals surface area contributed by atoms with Crippen molar-refractivity contribution in [2.24, 2.45) is 0 Å². The van der Waals surface area contributed by atoms with Crippen LogP contribution in [0.1, 0.15) is 20.3 Å². The summed E-state index contributed by atoms with van der Waals surface area (Å²) >= 11 is 0. The Morgan fingerprint density at radius 1 is 1.17 bits per heavy atom. The van der Waals surface area contributed by atoms with Crippen molar-refractivity contribution in [2.75, 3.05) is 6.61 Å². The van der Waals surface area contributed by atoms with Gasteiger partial charge in [-0.25, -0.2) is 9.13 Å². The number of nitrogens with zero attached hydrogens (tertiary/aromatic N) is 2. The van der Waals surface area contributed by atoms with Crippen LogP contribution in [-0.2, 0) is 18.0 Å². The largest absolute Gasteiger partial charge is 0.342 e. The lowest BCUT2D eigenvalue weighted by molar-refractivity contribution is -0.722. The van der Waals surface area contributed by atoms with Gasteiger partial charge in [0.25, 0.3) is 5.82 Å². The maximum atomic E-state index is 5.64. The first kappa shape index (κ1) is 12.8. The van der Waals surface area contributed by atoms with Gasteiger partial charge in [-0.2, -0.15) is 0 Å². The van der Waals surface area contributed by atoms with Gasteiger partial charge in [0.05, 0.1) is 18.7 Å². The van der Waals surface area contributed by atoms with E-state index < -0.39 is 0 Å². The molecule has 0 spiro atoms. The number of imidazole rings is 1. The maximum Gasteiger partial charge on any atom is 0.290 e. The number of benzene rings is 1. The monoisotopic (exact) mass is 245 g/mol. The molecule has 3 heteroatoms. The first-order valence-corrected chi connectivity index (χ1v) is 6.58. The summed E-state index contributed by atoms with van der Waals surface area (Å²) in [6.07, 6.45) is 5.24. The standard InChI is InChI=1S/C15H21N2O/c1-3-12-18-13-17-11-10-16(4-2)15(17)14-8-6-5-7-9-14/h5-11H,3-4,12-13H2,1-2H3/q+1. The molecular weight excluding hydrogens is 224 g/mol. The Kier molecular flexibility index (Phi) is 4.53. The summed E-state index contributed by atoms with van der Waals surface area (Å²) in [6.45, 7) is 6.66. The topological polar surface area (TPSA) is 18.0 Å². The predicted molar refractivity (Wildman–Crippen MR) is 72.0 cm³/mol. The number of ether oxygens (including phenoxy) is 1. The maximum absolute atomic E-state index is 5.64. The molecule has 0 aliphatic heterocycles. The smallest absolute Gasteiger partial charge is 0.290 e. The highest BCUT2D eigenvalue weighted by molar-refractivity contribution is 5.52. The van der Waals surface area contributed by atoms with Crippen LogP contribution in [0, 0.1) is 0 Å². The van der Waals surface area contributed by atoms with Gasteiger partial charge in [0.15, 0.2) is 6.73 Å². The summed E-state index contributed by atoms with van der Waals surface area (Å²) in [5.74, 6) is 1.20. The van der Waals surface area contributed by atoms with Crippen LogP contribution in [0.5, 0.6) is 0 Å². The lowest BCUT2D eigenvalue weighted by Gasteiger charge is -2.04. The van der Waals surface area contributed by atoms with Crippen molar-refractivity contribution < 1.29 is 9.30 Å². The third-order valence-corrected chi connectivity index (χ3v) is 2.92. The molecule has 2 aromatic rings. The van der Waals surface area contributed by atoms with E-state index in [-0.39, 0.29) is 0 Å². The quantitative estimate of drug-likeness (QED) is 0.565. The second-order valence-electron chi connectivity index (χ2n) is 4.28. The number of aryl methyl sites for hydroxylation is 1. The van der Waals surface area contributed by atoms with Gasteiger partial charge in [0, 0.05) is 0 Å². The molecule has 0 saturated heterocycles. The van der Waals surface area contributed by atoms with Gasteiger partial charge in [-0.3, -0.25) is 0 Å². The van der Waals surface area contributed by atoms with Crippen LogP contribution >= 0.6 is 0 Å². The van der Waals surface area contributed by atoms with Gasteiger partial charge in [-0.15, -0.1) is 0 Å². The molecule has 0 radical (unpaired) electrons. The van der Waals surface area contributed by atoms with Crippen molar-refractivity contribution in [1.82, 2.24) is 4.57 Å². The van der Waals surface area contributed by atoms with Gasteiger partial charge in [0.2, 0.25) is 0 Å². The van der Waals surface area contributed by atoms with Crippen LogP contribution < -0.4 is 4.57 Å². The summed E-state index contributed by atoms with van der Waals surface area (Å²) in [5.41, 5.74) is 1.23. The van der Waals surface area contributed by atoms with E-state index in [4.69, 9.17) is 4.74 Å². The van der Waals surface area contributed by atoms with Gasteiger partial charge in [0.1, 0.15) is 12.4 Å². The normalized spacial score (nSPS) is 10.8. The fourth-order valence-electron chi connectivity index (χ4n) is 2.05. The molecule has 1 aromatic heterocycles. The Bertz CT molecular complexity index is 476. The van der Waals surface area contributed by atoms with Gasteiger partial charge < -0.3 is 4.74 Å². The summed E-state index contributed by atoms with van der Waals surface area (Å²) < 4.78 is 10.0. The van der Waals surface area contributed by atoms with Crippen LogP contribution in [0.3, 0.4) is 0 Å². The Labute approximate surface area is 109 Å². The van der Waals surface area contributed by atoms with Crippen molar-refractivity contribution in [1.29, 1.82) is 0 Å². The van der Waals surface area contributed by atoms with Crippen molar-refractivity contribution in [3.63, 3.8) is 0 Å². The van der Waals surface area contributed by atoms with Crippen LogP contribution in [0.4, 0.5) is 0 Å². The second kappa shape index (κ2) is 6.36. The Hall–Kier alpha value is -1.61. The molecule has 1 aromatic carbocycles. The third-order valence-electron chi connectivity index (χ3n) is 2.92. The zero-order valence-electron chi connectivity index (χ0n) is 11.2. The summed E-state index contributed by atoms with van der Waals surface area (Å²) in [7, 11) is 0. The van der Waals surface area contributed by atoms with Crippen LogP contribution in [0.25, 0.3) is 11.4 Å². The molecule has 3 nitrogen and oxygen atoms in total. The molecule has 0 atom stereocenters. The average molecular weight is 245 g/mol. The van der Waals surface area contributed by atoms with Gasteiger partial charge in [-0.05, 0) is 25.5 Å². The van der Waals surface area contributed by atoms with E-state index in [1.165, 1.54) is 11.4 Å². The first-order valence-electron chi connectivity index (χ1n) is 6.58. The molecule has 0 bridgehead atoms. The summed E-state index contributed by atoms with van der Waals surface area (Å²) in [5, 5.41) is 0. The molecule has 1 heterocycles. The predicted octanol–water partition coefficient (Wildman–Crippen LogP) is 2.85. The molecule has 0 fully saturated rings. The number of hydrogen-bond donors (Lipinski definition) is 0. The number of hydrogen-bond acceptors (Lipinski definition) is 1. The SMILES string of the molecule is CCCOC[n+]1ccn(CC)c1-c1ccccc1. The van der Waals surface area contributed by atoms with Crippen molar-refractivity contribution in [3.8, 4) is 11.4 Å². The summed E-state index contributed by atoms with van der Waals surface area (Å²) in [6, 6.07) is 10.5. The fraction of sp³-hybridized carbons (Fsp3) is 0.400. The molecule has 2 rings (SSSR count). The summed E-state index contributed by atoms with van der Waals surface area (Å²) in [4.78, 5) is 0. The molecule has 96 valence electrons. The molecule has 0 amide bonds. The molecule has 0 aliphatic carbocycles. The first-order chi connectivity index (χ1) is 8.86. The van der Waals surface area contributed by atoms with E-state index in [0.717, 1.165) is 19.6 Å². The minimum absolute atomic E-state index is 0.616. The Morgan fingerprint density at radius 2 is 1.94 bits per heavy atom. The van der Waals surface area contributed by atoms with E-state index in [9.17, 15) is 0 Å². The molecule has 18 heavy (non-hydrogen) atoms. The van der Waals surface area contributed by atoms with Crippen molar-refractivity contribution in [3.05, 3.63) is 42.7 Å². The zero-order chi connectivity index (χ0) is 12.8. The number of rotatable bonds is 6. The van der Waals surface area contributed by atoms with E-state index in [1.807, 2.05) is 6.07 Å². The van der Waals surface area contributed by atoms with Gasteiger partial charge >= 0.3 is 0 Å². The highest BCUT2D eigenvalue weighted by atomic mass is 16.5. The van der Waals surface area contributed by atoms with Crippen molar-refractivity contribution in [2.45, 2.75) is 33.5 Å². The van der Waals surface area contributed by atoms with E-state index in [0.29, 0.717) is 6.73 Å². The van der Waals surface area contributed by atoms with Crippen molar-refractivity contribution >= 4 is 0 Å². The Morgan fingerprint density at radius 3 is 2.61 bits per heavy atom. The highest BCUT2D eigenvalue weighted by Crippen LogP contribution is 2.15. The number of aromatic nitrogens is 2. The van der Waals surface area contributed by atoms with Crippen LogP contribution in [0.15, 0.2) is 42.7 Å². The highest BCUT2D eigenvalue weighted by Gasteiger charge is 2.17. The lowest BCUT2D eigenvalue weighted by Crippen LogP contribution is -2.36. The van der Waals surface area contributed by atoms with Crippen LogP contribution in [-0.4, -0.2) is 11.2 Å². The van der Waals surface area contributed by atoms with E-state index in [1.54, 1.807) is 0 Å². The minimum Gasteiger partial charge on any atom is -0.342 e. The molecular formula is C15H21N2O+. The third kappa shape index (κ3) is 2.79. The molecule has 0 unspecified atom stereocenters. The molecule has 0 N–H and O–H groups in total. The zero-order valence-corrected chi connectivity index (χ0v) is 11.2. The van der Waals surface area contributed by atoms with E-state index >= 15 is 0 Å². The minimum atomic E-state index is 0.616. The molecule has 0 saturated carbocycles. The van der Waals surface area contributed by atoms with Crippen LogP contribution in [0.2, 0.25) is 0 Å². The van der Waals surface area contributed by atoms with E-state index in [2.05, 4.69) is 59.6 Å². The Balaban J connectivity index is 2.28.